The monoisotopic (exact) mass is 253 g/mol. The van der Waals surface area contributed by atoms with Gasteiger partial charge in [-0.3, -0.25) is 0 Å². The van der Waals surface area contributed by atoms with Gasteiger partial charge in [-0.25, -0.2) is 0 Å². The van der Waals surface area contributed by atoms with Crippen molar-refractivity contribution in [1.82, 2.24) is 5.32 Å². The van der Waals surface area contributed by atoms with Gasteiger partial charge in [0.05, 0.1) is 6.61 Å². The van der Waals surface area contributed by atoms with Gasteiger partial charge in [0.25, 0.3) is 0 Å². The van der Waals surface area contributed by atoms with Crippen LogP contribution in [-0.4, -0.2) is 25.8 Å². The first-order chi connectivity index (χ1) is 8.61. The number of nitrogens with one attached hydrogen (secondary N) is 1. The van der Waals surface area contributed by atoms with Crippen molar-refractivity contribution in [2.45, 2.75) is 65.3 Å². The molecule has 0 aromatic rings. The molecule has 2 unspecified atom stereocenters. The van der Waals surface area contributed by atoms with E-state index < -0.39 is 0 Å². The predicted octanol–water partition coefficient (Wildman–Crippen LogP) is 3.61. The third-order valence-electron chi connectivity index (χ3n) is 4.89. The largest absolute Gasteiger partial charge is 0.381 e. The van der Waals surface area contributed by atoms with E-state index in [9.17, 15) is 0 Å². The molecule has 106 valence electrons. The molecule has 1 heterocycles. The summed E-state index contributed by atoms with van der Waals surface area (Å²) >= 11 is 0. The molecule has 0 amide bonds. The molecule has 0 aromatic heterocycles. The third-order valence-corrected chi connectivity index (χ3v) is 4.89. The van der Waals surface area contributed by atoms with Gasteiger partial charge in [-0.05, 0) is 42.9 Å². The number of hydrogen-bond acceptors (Lipinski definition) is 2. The molecule has 2 rings (SSSR count). The molecule has 2 nitrogen and oxygen atoms in total. The number of rotatable bonds is 5. The van der Waals surface area contributed by atoms with E-state index in [1.54, 1.807) is 0 Å². The molecule has 1 N–H and O–H groups in total. The van der Waals surface area contributed by atoms with Crippen LogP contribution in [0.2, 0.25) is 0 Å². The highest BCUT2D eigenvalue weighted by Crippen LogP contribution is 2.42. The molecule has 1 aliphatic carbocycles. The van der Waals surface area contributed by atoms with Gasteiger partial charge in [-0.1, -0.05) is 33.6 Å². The first-order valence-electron chi connectivity index (χ1n) is 7.92. The summed E-state index contributed by atoms with van der Waals surface area (Å²) < 4.78 is 5.53. The maximum Gasteiger partial charge on any atom is 0.0506 e. The molecule has 0 radical (unpaired) electrons. The van der Waals surface area contributed by atoms with Gasteiger partial charge < -0.3 is 10.1 Å². The van der Waals surface area contributed by atoms with Crippen LogP contribution < -0.4 is 5.32 Å². The molecule has 2 heteroatoms. The van der Waals surface area contributed by atoms with Gasteiger partial charge in [0.2, 0.25) is 0 Å². The lowest BCUT2D eigenvalue weighted by Crippen LogP contribution is -2.46. The van der Waals surface area contributed by atoms with Crippen molar-refractivity contribution in [3.8, 4) is 0 Å². The van der Waals surface area contributed by atoms with Crippen molar-refractivity contribution < 1.29 is 4.74 Å². The normalized spacial score (nSPS) is 32.0. The Bertz CT molecular complexity index is 245. The fourth-order valence-corrected chi connectivity index (χ4v) is 3.98. The Morgan fingerprint density at radius 3 is 2.61 bits per heavy atom. The molecule has 1 saturated carbocycles. The van der Waals surface area contributed by atoms with Crippen molar-refractivity contribution in [2.75, 3.05) is 19.8 Å². The Labute approximate surface area is 113 Å². The number of hydrogen-bond donors (Lipinski definition) is 1. The van der Waals surface area contributed by atoms with Gasteiger partial charge in [0.15, 0.2) is 0 Å². The van der Waals surface area contributed by atoms with Crippen LogP contribution in [0.15, 0.2) is 0 Å². The van der Waals surface area contributed by atoms with Crippen molar-refractivity contribution in [2.24, 2.45) is 17.3 Å². The Hall–Kier alpha value is -0.0800. The minimum absolute atomic E-state index is 0.603. The van der Waals surface area contributed by atoms with Crippen molar-refractivity contribution in [1.29, 1.82) is 0 Å². The number of ether oxygens (including phenoxy) is 1. The van der Waals surface area contributed by atoms with Crippen molar-refractivity contribution in [3.05, 3.63) is 0 Å². The summed E-state index contributed by atoms with van der Waals surface area (Å²) in [5, 5.41) is 3.88. The van der Waals surface area contributed by atoms with Crippen LogP contribution in [0.5, 0.6) is 0 Å². The highest BCUT2D eigenvalue weighted by Gasteiger charge is 2.35. The van der Waals surface area contributed by atoms with Gasteiger partial charge in [0.1, 0.15) is 0 Å². The van der Waals surface area contributed by atoms with Crippen LogP contribution in [0.4, 0.5) is 0 Å². The van der Waals surface area contributed by atoms with E-state index in [4.69, 9.17) is 4.74 Å². The van der Waals surface area contributed by atoms with Crippen LogP contribution in [0, 0.1) is 17.3 Å². The highest BCUT2D eigenvalue weighted by atomic mass is 16.5. The topological polar surface area (TPSA) is 21.3 Å². The standard InChI is InChI=1S/C16H31NO/c1-13(2)10-16(7-4-5-8-16)12-17-15-6-9-18-11-14(15)3/h13-15,17H,4-12H2,1-3H3. The summed E-state index contributed by atoms with van der Waals surface area (Å²) in [4.78, 5) is 0. The van der Waals surface area contributed by atoms with E-state index in [2.05, 4.69) is 26.1 Å². The molecule has 0 aromatic carbocycles. The van der Waals surface area contributed by atoms with Crippen LogP contribution in [0.25, 0.3) is 0 Å². The van der Waals surface area contributed by atoms with E-state index in [1.807, 2.05) is 0 Å². The maximum atomic E-state index is 5.53. The smallest absolute Gasteiger partial charge is 0.0506 e. The summed E-state index contributed by atoms with van der Waals surface area (Å²) in [6, 6.07) is 0.684. The quantitative estimate of drug-likeness (QED) is 0.808. The second-order valence-electron chi connectivity index (χ2n) is 7.13. The second kappa shape index (κ2) is 6.38. The van der Waals surface area contributed by atoms with Crippen LogP contribution >= 0.6 is 0 Å². The fraction of sp³-hybridized carbons (Fsp3) is 1.00. The average molecular weight is 253 g/mol. The Kier molecular flexibility index (Phi) is 5.08. The zero-order chi connectivity index (χ0) is 13.0. The van der Waals surface area contributed by atoms with Gasteiger partial charge in [-0.15, -0.1) is 0 Å². The van der Waals surface area contributed by atoms with Gasteiger partial charge in [-0.2, -0.15) is 0 Å². The third kappa shape index (κ3) is 3.71. The van der Waals surface area contributed by atoms with Gasteiger partial charge >= 0.3 is 0 Å². The van der Waals surface area contributed by atoms with E-state index in [0.29, 0.717) is 17.4 Å². The summed E-state index contributed by atoms with van der Waals surface area (Å²) in [6.07, 6.45) is 8.36. The maximum absolute atomic E-state index is 5.53. The summed E-state index contributed by atoms with van der Waals surface area (Å²) in [5.41, 5.74) is 0.603. The average Bonchev–Trinajstić information content (AvgIpc) is 2.76. The lowest BCUT2D eigenvalue weighted by Gasteiger charge is -2.36. The molecule has 1 saturated heterocycles. The molecule has 2 aliphatic rings. The van der Waals surface area contributed by atoms with Crippen molar-refractivity contribution in [3.63, 3.8) is 0 Å². The van der Waals surface area contributed by atoms with Crippen LogP contribution in [-0.2, 0) is 4.74 Å². The summed E-state index contributed by atoms with van der Waals surface area (Å²) in [7, 11) is 0. The molecular weight excluding hydrogens is 222 g/mol. The minimum atomic E-state index is 0.603. The fourth-order valence-electron chi connectivity index (χ4n) is 3.98. The first kappa shape index (κ1) is 14.3. The summed E-state index contributed by atoms with van der Waals surface area (Å²) in [5.74, 6) is 1.51. The first-order valence-corrected chi connectivity index (χ1v) is 7.92. The molecule has 2 atom stereocenters. The SMILES string of the molecule is CC(C)CC1(CNC2CCOCC2C)CCCC1. The van der Waals surface area contributed by atoms with Crippen LogP contribution in [0.1, 0.15) is 59.3 Å². The van der Waals surface area contributed by atoms with E-state index in [-0.39, 0.29) is 0 Å². The van der Waals surface area contributed by atoms with E-state index >= 15 is 0 Å². The molecule has 2 fully saturated rings. The zero-order valence-electron chi connectivity index (χ0n) is 12.5. The molecule has 1 aliphatic heterocycles. The van der Waals surface area contributed by atoms with Crippen LogP contribution in [0.3, 0.4) is 0 Å². The lowest BCUT2D eigenvalue weighted by atomic mass is 9.78. The van der Waals surface area contributed by atoms with E-state index in [0.717, 1.165) is 19.1 Å². The molecular formula is C16H31NO. The molecule has 0 spiro atoms. The Balaban J connectivity index is 1.85. The second-order valence-corrected chi connectivity index (χ2v) is 7.13. The lowest BCUT2D eigenvalue weighted by molar-refractivity contribution is 0.0346. The predicted molar refractivity (Wildman–Crippen MR) is 76.7 cm³/mol. The zero-order valence-corrected chi connectivity index (χ0v) is 12.5. The highest BCUT2D eigenvalue weighted by molar-refractivity contribution is 4.89. The summed E-state index contributed by atoms with van der Waals surface area (Å²) in [6.45, 7) is 10.2. The van der Waals surface area contributed by atoms with Crippen molar-refractivity contribution >= 4 is 0 Å². The van der Waals surface area contributed by atoms with E-state index in [1.165, 1.54) is 45.1 Å². The minimum Gasteiger partial charge on any atom is -0.381 e. The molecule has 0 bridgehead atoms. The Morgan fingerprint density at radius 2 is 2.00 bits per heavy atom. The molecule has 18 heavy (non-hydrogen) atoms. The van der Waals surface area contributed by atoms with Gasteiger partial charge in [0, 0.05) is 19.2 Å². The Morgan fingerprint density at radius 1 is 1.28 bits per heavy atom.